The van der Waals surface area contributed by atoms with E-state index in [0.29, 0.717) is 25.1 Å². The van der Waals surface area contributed by atoms with Gasteiger partial charge >= 0.3 is 12.0 Å². The Labute approximate surface area is 136 Å². The van der Waals surface area contributed by atoms with Crippen molar-refractivity contribution < 1.29 is 19.4 Å². The number of likely N-dealkylation sites (tertiary alicyclic amines) is 1. The van der Waals surface area contributed by atoms with Crippen LogP contribution in [0, 0.1) is 5.92 Å². The molecule has 1 heterocycles. The first-order valence-electron chi connectivity index (χ1n) is 7.82. The van der Waals surface area contributed by atoms with Crippen LogP contribution in [0.4, 0.5) is 10.5 Å². The number of aliphatic carboxylic acids is 1. The lowest BCUT2D eigenvalue weighted by Gasteiger charge is -2.30. The number of benzene rings is 1. The van der Waals surface area contributed by atoms with Crippen molar-refractivity contribution in [1.82, 2.24) is 4.90 Å². The largest absolute Gasteiger partial charge is 0.488 e. The van der Waals surface area contributed by atoms with Crippen LogP contribution >= 0.6 is 0 Å². The smallest absolute Gasteiger partial charge is 0.321 e. The molecule has 2 amide bonds. The number of rotatable bonds is 3. The van der Waals surface area contributed by atoms with Gasteiger partial charge in [0.15, 0.2) is 0 Å². The van der Waals surface area contributed by atoms with Crippen LogP contribution in [-0.2, 0) is 4.79 Å². The number of nitrogens with zero attached hydrogens (tertiary/aromatic N) is 1. The van der Waals surface area contributed by atoms with Crippen LogP contribution in [0.5, 0.6) is 5.75 Å². The Balaban J connectivity index is 1.93. The molecule has 1 aliphatic rings. The molecule has 0 saturated carbocycles. The summed E-state index contributed by atoms with van der Waals surface area (Å²) in [6.07, 6.45) is 1.33. The van der Waals surface area contributed by atoms with E-state index >= 15 is 0 Å². The fourth-order valence-electron chi connectivity index (χ4n) is 2.53. The van der Waals surface area contributed by atoms with E-state index in [2.05, 4.69) is 5.32 Å². The van der Waals surface area contributed by atoms with Crippen LogP contribution in [0.2, 0.25) is 0 Å². The van der Waals surface area contributed by atoms with E-state index in [-0.39, 0.29) is 18.2 Å². The van der Waals surface area contributed by atoms with E-state index in [1.54, 1.807) is 29.2 Å². The number of piperidine rings is 1. The highest BCUT2D eigenvalue weighted by Gasteiger charge is 2.28. The van der Waals surface area contributed by atoms with Gasteiger partial charge in [-0.25, -0.2) is 4.79 Å². The number of nitrogens with one attached hydrogen (secondary N) is 1. The first-order valence-corrected chi connectivity index (χ1v) is 7.82. The summed E-state index contributed by atoms with van der Waals surface area (Å²) in [5.74, 6) is -0.581. The van der Waals surface area contributed by atoms with Gasteiger partial charge in [0, 0.05) is 18.8 Å². The molecule has 23 heavy (non-hydrogen) atoms. The number of urea groups is 1. The van der Waals surface area contributed by atoms with E-state index in [9.17, 15) is 9.59 Å². The van der Waals surface area contributed by atoms with Crippen LogP contribution < -0.4 is 10.1 Å². The van der Waals surface area contributed by atoms with Crippen LogP contribution in [-0.4, -0.2) is 40.7 Å². The second kappa shape index (κ2) is 6.89. The number of hydrogen-bond donors (Lipinski definition) is 2. The molecular formula is C17H24N2O4. The maximum atomic E-state index is 12.2. The third-order valence-corrected chi connectivity index (χ3v) is 3.59. The highest BCUT2D eigenvalue weighted by molar-refractivity contribution is 5.89. The van der Waals surface area contributed by atoms with Crippen molar-refractivity contribution in [3.8, 4) is 5.75 Å². The van der Waals surface area contributed by atoms with Crippen LogP contribution in [0.1, 0.15) is 33.6 Å². The van der Waals surface area contributed by atoms with Gasteiger partial charge in [-0.3, -0.25) is 4.79 Å². The first kappa shape index (κ1) is 17.1. The van der Waals surface area contributed by atoms with Gasteiger partial charge in [0.2, 0.25) is 0 Å². The number of anilines is 1. The Morgan fingerprint density at radius 1 is 1.26 bits per heavy atom. The number of ether oxygens (including phenoxy) is 1. The van der Waals surface area contributed by atoms with E-state index in [4.69, 9.17) is 9.84 Å². The third-order valence-electron chi connectivity index (χ3n) is 3.59. The van der Waals surface area contributed by atoms with Gasteiger partial charge in [-0.15, -0.1) is 0 Å². The minimum atomic E-state index is -0.841. The second-order valence-corrected chi connectivity index (χ2v) is 6.79. The number of carbonyl (C=O) groups is 2. The Morgan fingerprint density at radius 3 is 2.48 bits per heavy atom. The minimum Gasteiger partial charge on any atom is -0.488 e. The molecule has 2 N–H and O–H groups in total. The van der Waals surface area contributed by atoms with Gasteiger partial charge < -0.3 is 20.1 Å². The fraction of sp³-hybridized carbons (Fsp3) is 0.529. The van der Waals surface area contributed by atoms with E-state index < -0.39 is 11.9 Å². The maximum Gasteiger partial charge on any atom is 0.321 e. The van der Waals surface area contributed by atoms with Gasteiger partial charge in [0.25, 0.3) is 0 Å². The van der Waals surface area contributed by atoms with Crippen molar-refractivity contribution >= 4 is 17.7 Å². The minimum absolute atomic E-state index is 0.256. The molecular weight excluding hydrogens is 296 g/mol. The normalized spacial score (nSPS) is 18.4. The summed E-state index contributed by atoms with van der Waals surface area (Å²) in [6, 6.07) is 6.89. The van der Waals surface area contributed by atoms with Crippen molar-refractivity contribution in [3.05, 3.63) is 24.3 Å². The lowest BCUT2D eigenvalue weighted by atomic mass is 9.99. The molecule has 0 radical (unpaired) electrons. The van der Waals surface area contributed by atoms with Crippen molar-refractivity contribution in [1.29, 1.82) is 0 Å². The molecule has 6 heteroatoms. The summed E-state index contributed by atoms with van der Waals surface area (Å²) in [5.41, 5.74) is 0.387. The molecule has 1 unspecified atom stereocenters. The Kier molecular flexibility index (Phi) is 5.13. The number of carboxylic acid groups (broad SMARTS) is 1. The summed E-state index contributed by atoms with van der Waals surface area (Å²) in [4.78, 5) is 24.9. The molecule has 0 aromatic heterocycles. The Hall–Kier alpha value is -2.24. The van der Waals surface area contributed by atoms with Crippen LogP contribution in [0.15, 0.2) is 24.3 Å². The Bertz CT molecular complexity index is 563. The number of carbonyl (C=O) groups excluding carboxylic acids is 1. The quantitative estimate of drug-likeness (QED) is 0.896. The third kappa shape index (κ3) is 5.16. The maximum absolute atomic E-state index is 12.2. The monoisotopic (exact) mass is 320 g/mol. The number of hydrogen-bond acceptors (Lipinski definition) is 3. The molecule has 1 aromatic rings. The van der Waals surface area contributed by atoms with E-state index in [1.165, 1.54) is 0 Å². The summed E-state index contributed by atoms with van der Waals surface area (Å²) >= 11 is 0. The zero-order valence-electron chi connectivity index (χ0n) is 13.8. The lowest BCUT2D eigenvalue weighted by Crippen LogP contribution is -2.44. The fourth-order valence-corrected chi connectivity index (χ4v) is 2.53. The predicted molar refractivity (Wildman–Crippen MR) is 87.8 cm³/mol. The molecule has 1 atom stereocenters. The topological polar surface area (TPSA) is 78.9 Å². The molecule has 0 aliphatic carbocycles. The second-order valence-electron chi connectivity index (χ2n) is 6.79. The average molecular weight is 320 g/mol. The molecule has 2 rings (SSSR count). The van der Waals surface area contributed by atoms with Crippen molar-refractivity contribution in [2.45, 2.75) is 39.2 Å². The van der Waals surface area contributed by atoms with Gasteiger partial charge in [0.1, 0.15) is 11.4 Å². The van der Waals surface area contributed by atoms with E-state index in [1.807, 2.05) is 20.8 Å². The van der Waals surface area contributed by atoms with Gasteiger partial charge in [-0.1, -0.05) is 0 Å². The van der Waals surface area contributed by atoms with Gasteiger partial charge in [0.05, 0.1) is 5.92 Å². The molecule has 0 bridgehead atoms. The van der Waals surface area contributed by atoms with E-state index in [0.717, 1.165) is 5.75 Å². The molecule has 126 valence electrons. The SMILES string of the molecule is CC(C)(C)Oc1ccc(NC(=O)N2CCCC(C(=O)O)C2)cc1. The lowest BCUT2D eigenvalue weighted by molar-refractivity contribution is -0.143. The molecule has 1 fully saturated rings. The average Bonchev–Trinajstić information content (AvgIpc) is 2.48. The summed E-state index contributed by atoms with van der Waals surface area (Å²) in [5, 5.41) is 11.9. The van der Waals surface area contributed by atoms with Crippen molar-refractivity contribution in [2.75, 3.05) is 18.4 Å². The standard InChI is InChI=1S/C17H24N2O4/c1-17(2,3)23-14-8-6-13(7-9-14)18-16(22)19-10-4-5-12(11-19)15(20)21/h6-9,12H,4-5,10-11H2,1-3H3,(H,18,22)(H,20,21). The Morgan fingerprint density at radius 2 is 1.91 bits per heavy atom. The van der Waals surface area contributed by atoms with Crippen molar-refractivity contribution in [3.63, 3.8) is 0 Å². The molecule has 6 nitrogen and oxygen atoms in total. The molecule has 1 saturated heterocycles. The van der Waals surface area contributed by atoms with Gasteiger partial charge in [-0.05, 0) is 57.9 Å². The molecule has 1 aromatic carbocycles. The summed E-state index contributed by atoms with van der Waals surface area (Å²) in [6.45, 7) is 6.75. The zero-order chi connectivity index (χ0) is 17.0. The summed E-state index contributed by atoms with van der Waals surface area (Å²) in [7, 11) is 0. The molecule has 1 aliphatic heterocycles. The number of carboxylic acids is 1. The van der Waals surface area contributed by atoms with Gasteiger partial charge in [-0.2, -0.15) is 0 Å². The van der Waals surface area contributed by atoms with Crippen molar-refractivity contribution in [2.24, 2.45) is 5.92 Å². The van der Waals surface area contributed by atoms with Crippen LogP contribution in [0.25, 0.3) is 0 Å². The summed E-state index contributed by atoms with van der Waals surface area (Å²) < 4.78 is 5.73. The predicted octanol–water partition coefficient (Wildman–Crippen LogP) is 3.19. The zero-order valence-corrected chi connectivity index (χ0v) is 13.8. The first-order chi connectivity index (χ1) is 10.7. The number of amides is 2. The highest BCUT2D eigenvalue weighted by Crippen LogP contribution is 2.22. The molecule has 0 spiro atoms. The highest BCUT2D eigenvalue weighted by atomic mass is 16.5. The van der Waals surface area contributed by atoms with Crippen LogP contribution in [0.3, 0.4) is 0 Å².